The van der Waals surface area contributed by atoms with Gasteiger partial charge < -0.3 is 15.2 Å². The van der Waals surface area contributed by atoms with E-state index in [0.29, 0.717) is 23.4 Å². The van der Waals surface area contributed by atoms with Gasteiger partial charge in [0.05, 0.1) is 17.9 Å². The van der Waals surface area contributed by atoms with E-state index in [4.69, 9.17) is 0 Å². The SMILES string of the molecule is CCn1c(CNC(=O)c2ccccc2F)nnc1SCC(=O)N[C@H]1CCCC[C@@H]1C. The van der Waals surface area contributed by atoms with Gasteiger partial charge in [0.15, 0.2) is 11.0 Å². The second kappa shape index (κ2) is 10.6. The normalized spacial score (nSPS) is 18.8. The fraction of sp³-hybridized carbons (Fsp3) is 0.524. The molecule has 1 aliphatic carbocycles. The molecule has 1 aromatic heterocycles. The van der Waals surface area contributed by atoms with Crippen LogP contribution in [0.15, 0.2) is 29.4 Å². The molecule has 1 aliphatic rings. The molecule has 0 unspecified atom stereocenters. The van der Waals surface area contributed by atoms with Crippen LogP contribution < -0.4 is 10.6 Å². The molecule has 0 bridgehead atoms. The molecule has 0 aliphatic heterocycles. The summed E-state index contributed by atoms with van der Waals surface area (Å²) in [5.41, 5.74) is -0.0109. The molecule has 2 aromatic rings. The molecule has 1 heterocycles. The number of halogens is 1. The van der Waals surface area contributed by atoms with Gasteiger partial charge in [0.25, 0.3) is 5.91 Å². The molecule has 0 saturated heterocycles. The Morgan fingerprint density at radius 2 is 2.00 bits per heavy atom. The summed E-state index contributed by atoms with van der Waals surface area (Å²) in [5, 5.41) is 14.7. The molecular formula is C21H28FN5O2S. The topological polar surface area (TPSA) is 88.9 Å². The van der Waals surface area contributed by atoms with Crippen LogP contribution in [0.4, 0.5) is 4.39 Å². The fourth-order valence-electron chi connectivity index (χ4n) is 3.68. The number of aromatic nitrogens is 3. The number of thioether (sulfide) groups is 1. The van der Waals surface area contributed by atoms with Crippen molar-refractivity contribution in [1.29, 1.82) is 0 Å². The summed E-state index contributed by atoms with van der Waals surface area (Å²) in [4.78, 5) is 24.6. The molecule has 0 spiro atoms. The zero-order valence-electron chi connectivity index (χ0n) is 17.4. The van der Waals surface area contributed by atoms with Crippen LogP contribution in [0.2, 0.25) is 0 Å². The van der Waals surface area contributed by atoms with Crippen molar-refractivity contribution in [3.63, 3.8) is 0 Å². The number of carbonyl (C=O) groups excluding carboxylic acids is 2. The Morgan fingerprint density at radius 3 is 2.73 bits per heavy atom. The summed E-state index contributed by atoms with van der Waals surface area (Å²) in [7, 11) is 0. The Hall–Kier alpha value is -2.42. The highest BCUT2D eigenvalue weighted by molar-refractivity contribution is 7.99. The third-order valence-corrected chi connectivity index (χ3v) is 6.39. The zero-order valence-corrected chi connectivity index (χ0v) is 18.2. The van der Waals surface area contributed by atoms with Gasteiger partial charge in [0.2, 0.25) is 5.91 Å². The second-order valence-corrected chi connectivity index (χ2v) is 8.47. The van der Waals surface area contributed by atoms with Crippen LogP contribution in [0.1, 0.15) is 55.7 Å². The minimum absolute atomic E-state index is 0.00110. The minimum Gasteiger partial charge on any atom is -0.352 e. The number of hydrogen-bond acceptors (Lipinski definition) is 5. The van der Waals surface area contributed by atoms with Gasteiger partial charge >= 0.3 is 0 Å². The van der Waals surface area contributed by atoms with E-state index in [0.717, 1.165) is 19.3 Å². The first kappa shape index (κ1) is 22.3. The maximum absolute atomic E-state index is 13.7. The van der Waals surface area contributed by atoms with Crippen molar-refractivity contribution >= 4 is 23.6 Å². The number of benzene rings is 1. The van der Waals surface area contributed by atoms with E-state index >= 15 is 0 Å². The molecule has 7 nitrogen and oxygen atoms in total. The second-order valence-electron chi connectivity index (χ2n) is 7.53. The van der Waals surface area contributed by atoms with Gasteiger partial charge in [-0.1, -0.05) is 43.7 Å². The Balaban J connectivity index is 1.54. The van der Waals surface area contributed by atoms with Gasteiger partial charge in [-0.15, -0.1) is 10.2 Å². The molecule has 2 N–H and O–H groups in total. The lowest BCUT2D eigenvalue weighted by molar-refractivity contribution is -0.119. The summed E-state index contributed by atoms with van der Waals surface area (Å²) in [6, 6.07) is 6.08. The van der Waals surface area contributed by atoms with Crippen LogP contribution >= 0.6 is 11.8 Å². The smallest absolute Gasteiger partial charge is 0.254 e. The van der Waals surface area contributed by atoms with E-state index in [1.165, 1.54) is 36.4 Å². The monoisotopic (exact) mass is 433 g/mol. The summed E-state index contributed by atoms with van der Waals surface area (Å²) in [5.74, 6) is 0.264. The van der Waals surface area contributed by atoms with Gasteiger partial charge in [0.1, 0.15) is 5.82 Å². The molecule has 1 fully saturated rings. The quantitative estimate of drug-likeness (QED) is 0.625. The molecule has 1 saturated carbocycles. The van der Waals surface area contributed by atoms with Gasteiger partial charge in [-0.25, -0.2) is 4.39 Å². The van der Waals surface area contributed by atoms with Gasteiger partial charge in [-0.05, 0) is 37.8 Å². The molecule has 2 atom stereocenters. The van der Waals surface area contributed by atoms with E-state index < -0.39 is 11.7 Å². The van der Waals surface area contributed by atoms with Gasteiger partial charge in [-0.3, -0.25) is 9.59 Å². The zero-order chi connectivity index (χ0) is 21.5. The molecular weight excluding hydrogens is 405 g/mol. The predicted molar refractivity (Wildman–Crippen MR) is 114 cm³/mol. The average molecular weight is 434 g/mol. The van der Waals surface area contributed by atoms with Crippen LogP contribution in [-0.2, 0) is 17.9 Å². The molecule has 0 radical (unpaired) electrons. The molecule has 162 valence electrons. The first-order valence-corrected chi connectivity index (χ1v) is 11.3. The summed E-state index contributed by atoms with van der Waals surface area (Å²) >= 11 is 1.33. The van der Waals surface area contributed by atoms with E-state index in [1.807, 2.05) is 11.5 Å². The number of rotatable bonds is 8. The lowest BCUT2D eigenvalue weighted by atomic mass is 9.86. The fourth-order valence-corrected chi connectivity index (χ4v) is 4.52. The first-order chi connectivity index (χ1) is 14.5. The molecule has 9 heteroatoms. The highest BCUT2D eigenvalue weighted by Crippen LogP contribution is 2.24. The summed E-state index contributed by atoms with van der Waals surface area (Å²) in [6.07, 6.45) is 4.59. The van der Waals surface area contributed by atoms with Crippen LogP contribution in [0.25, 0.3) is 0 Å². The standard InChI is InChI=1S/C21H28FN5O2S/c1-3-27-18(12-23-20(29)15-9-5-6-10-16(15)22)25-26-21(27)30-13-19(28)24-17-11-7-4-8-14(17)2/h5-6,9-10,14,17H,3-4,7-8,11-13H2,1-2H3,(H,23,29)(H,24,28)/t14-,17-/m0/s1. The number of hydrogen-bond donors (Lipinski definition) is 2. The predicted octanol–water partition coefficient (Wildman–Crippen LogP) is 3.15. The largest absolute Gasteiger partial charge is 0.352 e. The Bertz CT molecular complexity index is 888. The van der Waals surface area contributed by atoms with Crippen molar-refractivity contribution in [2.24, 2.45) is 5.92 Å². The molecule has 2 amide bonds. The van der Waals surface area contributed by atoms with Crippen LogP contribution in [0, 0.1) is 11.7 Å². The molecule has 3 rings (SSSR count). The van der Waals surface area contributed by atoms with Crippen LogP contribution in [-0.4, -0.2) is 38.4 Å². The van der Waals surface area contributed by atoms with Crippen LogP contribution in [0.3, 0.4) is 0 Å². The average Bonchev–Trinajstić information content (AvgIpc) is 3.14. The van der Waals surface area contributed by atoms with Gasteiger partial charge in [-0.2, -0.15) is 0 Å². The molecule has 30 heavy (non-hydrogen) atoms. The number of nitrogens with one attached hydrogen (secondary N) is 2. The lowest BCUT2D eigenvalue weighted by Gasteiger charge is -2.29. The van der Waals surface area contributed by atoms with Crippen molar-refractivity contribution in [1.82, 2.24) is 25.4 Å². The maximum atomic E-state index is 13.7. The van der Waals surface area contributed by atoms with Crippen molar-refractivity contribution in [3.05, 3.63) is 41.5 Å². The first-order valence-electron chi connectivity index (χ1n) is 10.4. The van der Waals surface area contributed by atoms with Crippen molar-refractivity contribution < 1.29 is 14.0 Å². The van der Waals surface area contributed by atoms with E-state index in [-0.39, 0.29) is 29.8 Å². The highest BCUT2D eigenvalue weighted by Gasteiger charge is 2.23. The minimum atomic E-state index is -0.568. The van der Waals surface area contributed by atoms with Crippen molar-refractivity contribution in [2.45, 2.75) is 63.8 Å². The van der Waals surface area contributed by atoms with E-state index in [9.17, 15) is 14.0 Å². The van der Waals surface area contributed by atoms with Gasteiger partial charge in [0, 0.05) is 12.6 Å². The van der Waals surface area contributed by atoms with Crippen molar-refractivity contribution in [2.75, 3.05) is 5.75 Å². The van der Waals surface area contributed by atoms with Crippen LogP contribution in [0.5, 0.6) is 0 Å². The van der Waals surface area contributed by atoms with Crippen molar-refractivity contribution in [3.8, 4) is 0 Å². The third kappa shape index (κ3) is 5.59. The summed E-state index contributed by atoms with van der Waals surface area (Å²) < 4.78 is 15.6. The number of amides is 2. The van der Waals surface area contributed by atoms with E-state index in [2.05, 4.69) is 27.8 Å². The summed E-state index contributed by atoms with van der Waals surface area (Å²) in [6.45, 7) is 4.86. The molecule has 1 aromatic carbocycles. The third-order valence-electron chi connectivity index (χ3n) is 5.43. The Morgan fingerprint density at radius 1 is 1.23 bits per heavy atom. The number of nitrogens with zero attached hydrogens (tertiary/aromatic N) is 3. The highest BCUT2D eigenvalue weighted by atomic mass is 32.2. The lowest BCUT2D eigenvalue weighted by Crippen LogP contribution is -2.41. The number of carbonyl (C=O) groups is 2. The Kier molecular flexibility index (Phi) is 7.84. The maximum Gasteiger partial charge on any atom is 0.254 e. The van der Waals surface area contributed by atoms with E-state index in [1.54, 1.807) is 6.07 Å². The Labute approximate surface area is 180 Å².